The fourth-order valence-corrected chi connectivity index (χ4v) is 1.55. The predicted octanol–water partition coefficient (Wildman–Crippen LogP) is 1.48. The number of aryl methyl sites for hydroxylation is 2. The SMILES string of the molecule is CCc1cc(C(=O)Nc2nc(C)co2)cc(NN)n1. The summed E-state index contributed by atoms with van der Waals surface area (Å²) in [4.78, 5) is 20.3. The van der Waals surface area contributed by atoms with Crippen LogP contribution in [0.3, 0.4) is 0 Å². The van der Waals surface area contributed by atoms with Crippen molar-refractivity contribution in [1.29, 1.82) is 0 Å². The Morgan fingerprint density at radius 2 is 2.21 bits per heavy atom. The highest BCUT2D eigenvalue weighted by Crippen LogP contribution is 2.13. The van der Waals surface area contributed by atoms with Gasteiger partial charge in [-0.3, -0.25) is 10.1 Å². The van der Waals surface area contributed by atoms with Crippen molar-refractivity contribution in [3.63, 3.8) is 0 Å². The van der Waals surface area contributed by atoms with Crippen LogP contribution in [0.25, 0.3) is 0 Å². The maximum absolute atomic E-state index is 12.1. The molecular weight excluding hydrogens is 246 g/mol. The molecule has 0 fully saturated rings. The van der Waals surface area contributed by atoms with Crippen LogP contribution >= 0.6 is 0 Å². The minimum absolute atomic E-state index is 0.166. The molecule has 0 saturated carbocycles. The van der Waals surface area contributed by atoms with E-state index in [1.54, 1.807) is 19.1 Å². The van der Waals surface area contributed by atoms with Crippen molar-refractivity contribution >= 4 is 17.7 Å². The molecule has 7 nitrogen and oxygen atoms in total. The second kappa shape index (κ2) is 5.49. The van der Waals surface area contributed by atoms with Crippen LogP contribution < -0.4 is 16.6 Å². The van der Waals surface area contributed by atoms with E-state index in [1.165, 1.54) is 6.26 Å². The van der Waals surface area contributed by atoms with E-state index in [-0.39, 0.29) is 11.9 Å². The molecule has 100 valence electrons. The van der Waals surface area contributed by atoms with Crippen LogP contribution in [0.2, 0.25) is 0 Å². The van der Waals surface area contributed by atoms with Gasteiger partial charge in [-0.15, -0.1) is 0 Å². The summed E-state index contributed by atoms with van der Waals surface area (Å²) in [6.07, 6.45) is 2.17. The number of carbonyl (C=O) groups is 1. The van der Waals surface area contributed by atoms with E-state index in [4.69, 9.17) is 10.3 Å². The van der Waals surface area contributed by atoms with E-state index in [1.807, 2.05) is 6.92 Å². The summed E-state index contributed by atoms with van der Waals surface area (Å²) in [6.45, 7) is 3.72. The molecule has 0 saturated heterocycles. The fourth-order valence-electron chi connectivity index (χ4n) is 1.55. The zero-order chi connectivity index (χ0) is 13.8. The van der Waals surface area contributed by atoms with Crippen LogP contribution in [0.15, 0.2) is 22.8 Å². The Balaban J connectivity index is 2.22. The number of aromatic nitrogens is 2. The highest BCUT2D eigenvalue weighted by Gasteiger charge is 2.12. The lowest BCUT2D eigenvalue weighted by molar-refractivity contribution is 0.102. The molecule has 4 N–H and O–H groups in total. The molecule has 0 radical (unpaired) electrons. The molecule has 0 unspecified atom stereocenters. The molecule has 1 amide bonds. The topological polar surface area (TPSA) is 106 Å². The number of rotatable bonds is 4. The van der Waals surface area contributed by atoms with Crippen LogP contribution in [-0.2, 0) is 6.42 Å². The third-order valence-electron chi connectivity index (χ3n) is 2.49. The highest BCUT2D eigenvalue weighted by molar-refractivity contribution is 6.03. The number of anilines is 2. The molecule has 0 aliphatic carbocycles. The lowest BCUT2D eigenvalue weighted by atomic mass is 10.2. The summed E-state index contributed by atoms with van der Waals surface area (Å²) in [5.41, 5.74) is 4.34. The molecule has 19 heavy (non-hydrogen) atoms. The summed E-state index contributed by atoms with van der Waals surface area (Å²) in [5, 5.41) is 2.57. The van der Waals surface area contributed by atoms with Crippen LogP contribution in [0.5, 0.6) is 0 Å². The number of carbonyl (C=O) groups excluding carboxylic acids is 1. The molecule has 7 heteroatoms. The quantitative estimate of drug-likeness (QED) is 0.568. The first kappa shape index (κ1) is 13.0. The summed E-state index contributed by atoms with van der Waals surface area (Å²) in [7, 11) is 0. The summed E-state index contributed by atoms with van der Waals surface area (Å²) in [6, 6.07) is 3.43. The number of amides is 1. The monoisotopic (exact) mass is 261 g/mol. The number of hydrogen-bond donors (Lipinski definition) is 3. The van der Waals surface area contributed by atoms with Crippen molar-refractivity contribution in [1.82, 2.24) is 9.97 Å². The van der Waals surface area contributed by atoms with Gasteiger partial charge in [-0.05, 0) is 25.5 Å². The maximum Gasteiger partial charge on any atom is 0.301 e. The first-order valence-electron chi connectivity index (χ1n) is 5.83. The van der Waals surface area contributed by atoms with Crippen LogP contribution in [0, 0.1) is 6.92 Å². The van der Waals surface area contributed by atoms with Crippen molar-refractivity contribution < 1.29 is 9.21 Å². The zero-order valence-electron chi connectivity index (χ0n) is 10.7. The summed E-state index contributed by atoms with van der Waals surface area (Å²) < 4.78 is 5.07. The Morgan fingerprint density at radius 3 is 2.79 bits per heavy atom. The molecule has 0 aliphatic rings. The average Bonchev–Trinajstić information content (AvgIpc) is 2.83. The van der Waals surface area contributed by atoms with Crippen LogP contribution in [-0.4, -0.2) is 15.9 Å². The molecule has 0 bridgehead atoms. The van der Waals surface area contributed by atoms with Gasteiger partial charge in [-0.2, -0.15) is 4.98 Å². The number of hydrogen-bond acceptors (Lipinski definition) is 6. The van der Waals surface area contributed by atoms with E-state index in [2.05, 4.69) is 20.7 Å². The fraction of sp³-hybridized carbons (Fsp3) is 0.250. The molecule has 0 aromatic carbocycles. The van der Waals surface area contributed by atoms with Gasteiger partial charge in [0.25, 0.3) is 5.91 Å². The van der Waals surface area contributed by atoms with Gasteiger partial charge in [0.15, 0.2) is 0 Å². The van der Waals surface area contributed by atoms with Crippen molar-refractivity contribution in [2.75, 3.05) is 10.7 Å². The van der Waals surface area contributed by atoms with Gasteiger partial charge in [-0.1, -0.05) is 6.92 Å². The first-order valence-corrected chi connectivity index (χ1v) is 5.83. The van der Waals surface area contributed by atoms with Crippen molar-refractivity contribution in [2.45, 2.75) is 20.3 Å². The molecule has 2 rings (SSSR count). The Morgan fingerprint density at radius 1 is 1.42 bits per heavy atom. The second-order valence-electron chi connectivity index (χ2n) is 3.98. The van der Waals surface area contributed by atoms with Gasteiger partial charge >= 0.3 is 6.01 Å². The minimum atomic E-state index is -0.324. The van der Waals surface area contributed by atoms with E-state index >= 15 is 0 Å². The van der Waals surface area contributed by atoms with E-state index < -0.39 is 0 Å². The van der Waals surface area contributed by atoms with Crippen LogP contribution in [0.4, 0.5) is 11.8 Å². The first-order chi connectivity index (χ1) is 9.12. The van der Waals surface area contributed by atoms with Crippen LogP contribution in [0.1, 0.15) is 28.7 Å². The zero-order valence-corrected chi connectivity index (χ0v) is 10.7. The van der Waals surface area contributed by atoms with Gasteiger partial charge in [0, 0.05) is 11.3 Å². The van der Waals surface area contributed by atoms with E-state index in [0.29, 0.717) is 23.5 Å². The number of nitrogen functional groups attached to an aromatic ring is 1. The smallest absolute Gasteiger partial charge is 0.301 e. The van der Waals surface area contributed by atoms with Crippen molar-refractivity contribution in [3.8, 4) is 0 Å². The normalized spacial score (nSPS) is 10.3. The Bertz CT molecular complexity index is 571. The van der Waals surface area contributed by atoms with E-state index in [9.17, 15) is 4.79 Å². The van der Waals surface area contributed by atoms with Crippen molar-refractivity contribution in [2.24, 2.45) is 5.84 Å². The minimum Gasteiger partial charge on any atom is -0.432 e. The lowest BCUT2D eigenvalue weighted by Crippen LogP contribution is -2.15. The van der Waals surface area contributed by atoms with Gasteiger partial charge in [0.2, 0.25) is 0 Å². The third-order valence-corrected chi connectivity index (χ3v) is 2.49. The predicted molar refractivity (Wildman–Crippen MR) is 70.6 cm³/mol. The number of nitrogens with one attached hydrogen (secondary N) is 2. The van der Waals surface area contributed by atoms with Crippen molar-refractivity contribution in [3.05, 3.63) is 35.3 Å². The molecule has 0 aliphatic heterocycles. The van der Waals surface area contributed by atoms with E-state index in [0.717, 1.165) is 5.69 Å². The largest absolute Gasteiger partial charge is 0.432 e. The number of nitrogens with zero attached hydrogens (tertiary/aromatic N) is 2. The van der Waals surface area contributed by atoms with Gasteiger partial charge in [0.05, 0.1) is 5.69 Å². The van der Waals surface area contributed by atoms with Gasteiger partial charge in [-0.25, -0.2) is 10.8 Å². The average molecular weight is 261 g/mol. The van der Waals surface area contributed by atoms with Gasteiger partial charge < -0.3 is 9.84 Å². The summed E-state index contributed by atoms with van der Waals surface area (Å²) >= 11 is 0. The third kappa shape index (κ3) is 3.08. The van der Waals surface area contributed by atoms with Gasteiger partial charge in [0.1, 0.15) is 12.1 Å². The Kier molecular flexibility index (Phi) is 3.76. The molecule has 2 aromatic rings. The molecular formula is C12H15N5O2. The maximum atomic E-state index is 12.1. The number of hydrazine groups is 1. The standard InChI is InChI=1S/C12H15N5O2/c1-3-9-4-8(5-10(15-9)17-13)11(18)16-12-14-7(2)6-19-12/h4-6H,3,13H2,1-2H3,(H,15,17)(H,14,16,18). The second-order valence-corrected chi connectivity index (χ2v) is 3.98. The molecule has 2 heterocycles. The number of nitrogens with two attached hydrogens (primary N) is 1. The highest BCUT2D eigenvalue weighted by atomic mass is 16.4. The Labute approximate surface area is 110 Å². The number of oxazole rings is 1. The lowest BCUT2D eigenvalue weighted by Gasteiger charge is -2.06. The number of pyridine rings is 1. The Hall–Kier alpha value is -2.41. The molecule has 0 spiro atoms. The summed E-state index contributed by atoms with van der Waals surface area (Å²) in [5.74, 6) is 5.44. The molecule has 0 atom stereocenters. The molecule has 2 aromatic heterocycles.